The summed E-state index contributed by atoms with van der Waals surface area (Å²) in [6.07, 6.45) is 7.00. The van der Waals surface area contributed by atoms with E-state index in [1.54, 1.807) is 6.08 Å². The average Bonchev–Trinajstić information content (AvgIpc) is 3.38. The van der Waals surface area contributed by atoms with E-state index in [-0.39, 0.29) is 35.2 Å². The lowest BCUT2D eigenvalue weighted by Crippen LogP contribution is -2.24. The van der Waals surface area contributed by atoms with Crippen molar-refractivity contribution >= 4 is 23.6 Å². The summed E-state index contributed by atoms with van der Waals surface area (Å²) in [5, 5.41) is 25.8. The third-order valence-corrected chi connectivity index (χ3v) is 5.34. The molecule has 0 fully saturated rings. The monoisotopic (exact) mass is 463 g/mol. The van der Waals surface area contributed by atoms with Crippen molar-refractivity contribution in [1.29, 1.82) is 0 Å². The number of benzene rings is 2. The van der Waals surface area contributed by atoms with Crippen molar-refractivity contribution in [2.45, 2.75) is 38.7 Å². The number of H-pyrrole nitrogens is 1. The molecule has 0 saturated carbocycles. The summed E-state index contributed by atoms with van der Waals surface area (Å²) in [6.45, 7) is 2.25. The highest BCUT2D eigenvalue weighted by Gasteiger charge is 2.29. The number of tetrazole rings is 1. The molecule has 10 heteroatoms. The molecule has 3 N–H and O–H groups in total. The number of nitrogens with zero attached hydrogens (tertiary/aromatic N) is 3. The van der Waals surface area contributed by atoms with Crippen molar-refractivity contribution in [3.05, 3.63) is 65.0 Å². The molecule has 1 aliphatic rings. The minimum Gasteiger partial charge on any atom is -0.485 e. The van der Waals surface area contributed by atoms with Crippen LogP contribution in [0.4, 0.5) is 5.69 Å². The van der Waals surface area contributed by atoms with E-state index in [1.807, 2.05) is 12.1 Å². The van der Waals surface area contributed by atoms with Crippen LogP contribution in [-0.4, -0.2) is 44.2 Å². The number of hydrogen-bond acceptors (Lipinski definition) is 7. The topological polar surface area (TPSA) is 139 Å². The Morgan fingerprint density at radius 3 is 2.76 bits per heavy atom. The molecule has 1 aromatic heterocycles. The first-order chi connectivity index (χ1) is 16.5. The molecule has 0 radical (unpaired) electrons. The summed E-state index contributed by atoms with van der Waals surface area (Å²) < 4.78 is 11.6. The van der Waals surface area contributed by atoms with Crippen LogP contribution in [0.25, 0.3) is 6.08 Å². The van der Waals surface area contributed by atoms with Crippen LogP contribution in [0.5, 0.6) is 11.5 Å². The van der Waals surface area contributed by atoms with Gasteiger partial charge in [-0.3, -0.25) is 4.79 Å². The molecule has 0 aliphatic carbocycles. The van der Waals surface area contributed by atoms with Crippen molar-refractivity contribution in [1.82, 2.24) is 20.6 Å². The van der Waals surface area contributed by atoms with Crippen LogP contribution in [0.15, 0.2) is 42.5 Å². The number of aromatic nitrogens is 4. The molecule has 0 bridgehead atoms. The molecule has 1 atom stereocenters. The van der Waals surface area contributed by atoms with E-state index in [9.17, 15) is 14.7 Å². The Labute approximate surface area is 196 Å². The number of rotatable bonds is 9. The molecule has 2 aromatic carbocycles. The number of fused-ring (bicyclic) bond motifs is 1. The molecule has 10 nitrogen and oxygen atoms in total. The van der Waals surface area contributed by atoms with E-state index >= 15 is 0 Å². The van der Waals surface area contributed by atoms with Crippen LogP contribution in [0.2, 0.25) is 0 Å². The number of aryl methyl sites for hydroxylation is 1. The van der Waals surface area contributed by atoms with E-state index in [2.05, 4.69) is 45.0 Å². The fraction of sp³-hybridized carbons (Fsp3) is 0.292. The number of aromatic carboxylic acids is 1. The number of hydrogen-bond donors (Lipinski definition) is 3. The number of anilines is 1. The third-order valence-electron chi connectivity index (χ3n) is 5.34. The highest BCUT2D eigenvalue weighted by atomic mass is 16.6. The van der Waals surface area contributed by atoms with Crippen molar-refractivity contribution < 1.29 is 24.2 Å². The van der Waals surface area contributed by atoms with Gasteiger partial charge in [0.2, 0.25) is 11.7 Å². The molecule has 0 saturated heterocycles. The highest BCUT2D eigenvalue weighted by Crippen LogP contribution is 2.42. The highest BCUT2D eigenvalue weighted by molar-refractivity contribution is 6.04. The summed E-state index contributed by atoms with van der Waals surface area (Å²) in [5.41, 5.74) is 2.27. The van der Waals surface area contributed by atoms with Gasteiger partial charge in [0.05, 0.1) is 11.3 Å². The Kier molecular flexibility index (Phi) is 7.16. The van der Waals surface area contributed by atoms with Crippen molar-refractivity contribution in [2.24, 2.45) is 0 Å². The van der Waals surface area contributed by atoms with Gasteiger partial charge in [-0.25, -0.2) is 4.79 Å². The number of carboxylic acids is 1. The van der Waals surface area contributed by atoms with Crippen LogP contribution in [0, 0.1) is 0 Å². The average molecular weight is 463 g/mol. The molecule has 3 aromatic rings. The zero-order chi connectivity index (χ0) is 23.9. The summed E-state index contributed by atoms with van der Waals surface area (Å²) >= 11 is 0. The first kappa shape index (κ1) is 23.0. The SMILES string of the molecule is CCCCCc1ccc(/C=C/C(=O)Nc2cc(C(=O)O)cc3c2OC(c2nn[nH]n2)CO3)cc1. The molecule has 34 heavy (non-hydrogen) atoms. The molecule has 1 amide bonds. The number of amides is 1. The molecule has 4 rings (SSSR count). The van der Waals surface area contributed by atoms with Gasteiger partial charge in [0, 0.05) is 6.08 Å². The second-order valence-electron chi connectivity index (χ2n) is 7.86. The Balaban J connectivity index is 1.48. The Bertz CT molecular complexity index is 1180. The largest absolute Gasteiger partial charge is 0.485 e. The van der Waals surface area contributed by atoms with E-state index in [4.69, 9.17) is 9.47 Å². The van der Waals surface area contributed by atoms with Crippen LogP contribution in [0.3, 0.4) is 0 Å². The first-order valence-electron chi connectivity index (χ1n) is 11.1. The number of aromatic amines is 1. The fourth-order valence-electron chi connectivity index (χ4n) is 3.54. The minimum absolute atomic E-state index is 0.0432. The number of ether oxygens (including phenoxy) is 2. The normalized spacial score (nSPS) is 14.8. The van der Waals surface area contributed by atoms with Crippen LogP contribution in [-0.2, 0) is 11.2 Å². The number of carbonyl (C=O) groups is 2. The van der Waals surface area contributed by atoms with Gasteiger partial charge in [0.1, 0.15) is 6.61 Å². The smallest absolute Gasteiger partial charge is 0.335 e. The van der Waals surface area contributed by atoms with Crippen LogP contribution in [0.1, 0.15) is 59.6 Å². The lowest BCUT2D eigenvalue weighted by atomic mass is 10.1. The quantitative estimate of drug-likeness (QED) is 0.322. The van der Waals surface area contributed by atoms with Crippen molar-refractivity contribution in [3.8, 4) is 11.5 Å². The molecule has 1 unspecified atom stereocenters. The van der Waals surface area contributed by atoms with Gasteiger partial charge in [-0.1, -0.05) is 49.2 Å². The van der Waals surface area contributed by atoms with Crippen molar-refractivity contribution in [3.63, 3.8) is 0 Å². The lowest BCUT2D eigenvalue weighted by molar-refractivity contribution is -0.111. The third kappa shape index (κ3) is 5.58. The van der Waals surface area contributed by atoms with Crippen molar-refractivity contribution in [2.75, 3.05) is 11.9 Å². The molecule has 0 spiro atoms. The van der Waals surface area contributed by atoms with Gasteiger partial charge in [-0.15, -0.1) is 10.2 Å². The first-order valence-corrected chi connectivity index (χ1v) is 11.1. The Morgan fingerprint density at radius 1 is 1.24 bits per heavy atom. The second-order valence-corrected chi connectivity index (χ2v) is 7.86. The Morgan fingerprint density at radius 2 is 2.06 bits per heavy atom. The predicted molar refractivity (Wildman–Crippen MR) is 124 cm³/mol. The maximum Gasteiger partial charge on any atom is 0.335 e. The maximum atomic E-state index is 12.6. The summed E-state index contributed by atoms with van der Waals surface area (Å²) in [4.78, 5) is 24.2. The van der Waals surface area contributed by atoms with E-state index in [0.717, 1.165) is 18.4 Å². The molecule has 176 valence electrons. The molecule has 2 heterocycles. The predicted octanol–water partition coefficient (Wildman–Crippen LogP) is 3.80. The van der Waals surface area contributed by atoms with Gasteiger partial charge in [-0.2, -0.15) is 5.21 Å². The van der Waals surface area contributed by atoms with Gasteiger partial charge in [0.15, 0.2) is 17.6 Å². The number of nitrogens with one attached hydrogen (secondary N) is 2. The summed E-state index contributed by atoms with van der Waals surface area (Å²) in [7, 11) is 0. The standard InChI is InChI=1S/C24H25N5O5/c1-2-3-4-5-15-6-8-16(9-7-15)10-11-21(30)25-18-12-17(24(31)32)13-19-22(18)34-20(14-33-19)23-26-28-29-27-23/h6-13,20H,2-5,14H2,1H3,(H,25,30)(H,31,32)(H,26,27,28,29)/b11-10+. The summed E-state index contributed by atoms with van der Waals surface area (Å²) in [5.74, 6) is -0.913. The minimum atomic E-state index is -1.16. The molecular weight excluding hydrogens is 438 g/mol. The van der Waals surface area contributed by atoms with Gasteiger partial charge >= 0.3 is 5.97 Å². The number of carbonyl (C=O) groups excluding carboxylic acids is 1. The zero-order valence-electron chi connectivity index (χ0n) is 18.7. The molecular formula is C24H25N5O5. The second kappa shape index (κ2) is 10.6. The lowest BCUT2D eigenvalue weighted by Gasteiger charge is -2.26. The fourth-order valence-corrected chi connectivity index (χ4v) is 3.54. The van der Waals surface area contributed by atoms with E-state index in [0.29, 0.717) is 0 Å². The maximum absolute atomic E-state index is 12.6. The van der Waals surface area contributed by atoms with Crippen LogP contribution < -0.4 is 14.8 Å². The zero-order valence-corrected chi connectivity index (χ0v) is 18.7. The van der Waals surface area contributed by atoms with Gasteiger partial charge in [0.25, 0.3) is 0 Å². The summed E-state index contributed by atoms with van der Waals surface area (Å²) in [6, 6.07) is 10.7. The molecule has 1 aliphatic heterocycles. The van der Waals surface area contributed by atoms with E-state index < -0.39 is 18.0 Å². The van der Waals surface area contributed by atoms with E-state index in [1.165, 1.54) is 36.6 Å². The number of carboxylic acid groups (broad SMARTS) is 1. The van der Waals surface area contributed by atoms with Gasteiger partial charge in [-0.05, 0) is 42.2 Å². The van der Waals surface area contributed by atoms with Crippen LogP contribution >= 0.6 is 0 Å². The Hall–Kier alpha value is -4.21. The number of unbranched alkanes of at least 4 members (excludes halogenated alkanes) is 2. The van der Waals surface area contributed by atoms with Gasteiger partial charge < -0.3 is 19.9 Å².